The lowest BCUT2D eigenvalue weighted by Gasteiger charge is -2.18. The van der Waals surface area contributed by atoms with Gasteiger partial charge in [0.25, 0.3) is 0 Å². The second kappa shape index (κ2) is 9.82. The van der Waals surface area contributed by atoms with E-state index in [0.717, 1.165) is 29.5 Å². The predicted octanol–water partition coefficient (Wildman–Crippen LogP) is 5.35. The van der Waals surface area contributed by atoms with Crippen LogP contribution in [-0.2, 0) is 33.0 Å². The Morgan fingerprint density at radius 3 is 2.18 bits per heavy atom. The maximum Gasteiger partial charge on any atom is 0.418 e. The quantitative estimate of drug-likeness (QED) is 0.525. The molecule has 5 nitrogen and oxygen atoms in total. The van der Waals surface area contributed by atoms with Crippen molar-refractivity contribution < 1.29 is 26.4 Å². The number of benzene rings is 2. The first kappa shape index (κ1) is 26.2. The summed E-state index contributed by atoms with van der Waals surface area (Å²) in [7, 11) is -3.95. The van der Waals surface area contributed by atoms with E-state index in [2.05, 4.69) is 32.7 Å². The molecule has 0 fully saturated rings. The average Bonchev–Trinajstić information content (AvgIpc) is 2.69. The molecular weight excluding hydrogens is 453 g/mol. The first-order valence-electron chi connectivity index (χ1n) is 10.0. The number of anilines is 1. The number of sulfonamides is 1. The zero-order chi connectivity index (χ0) is 25.0. The third-order valence-corrected chi connectivity index (χ3v) is 5.29. The van der Waals surface area contributed by atoms with Crippen LogP contribution in [0.4, 0.5) is 18.9 Å². The van der Waals surface area contributed by atoms with Crippen molar-refractivity contribution in [2.24, 2.45) is 0 Å². The Bertz CT molecular complexity index is 1160. The highest BCUT2D eigenvalue weighted by molar-refractivity contribution is 7.92. The minimum Gasteiger partial charge on any atom is -0.348 e. The zero-order valence-electron chi connectivity index (χ0n) is 18.9. The zero-order valence-corrected chi connectivity index (χ0v) is 19.7. The molecule has 0 aromatic heterocycles. The lowest BCUT2D eigenvalue weighted by atomic mass is 9.87. The number of hydrogen-bond acceptors (Lipinski definition) is 3. The minimum absolute atomic E-state index is 0.00552. The number of alkyl halides is 3. The Kier molecular flexibility index (Phi) is 7.79. The molecule has 0 aliphatic rings. The van der Waals surface area contributed by atoms with Gasteiger partial charge in [-0.25, -0.2) is 8.42 Å². The van der Waals surface area contributed by atoms with E-state index in [4.69, 9.17) is 0 Å². The van der Waals surface area contributed by atoms with Gasteiger partial charge in [-0.1, -0.05) is 57.7 Å². The Balaban J connectivity index is 2.19. The fraction of sp³-hybridized carbons (Fsp3) is 0.292. The summed E-state index contributed by atoms with van der Waals surface area (Å²) in [5, 5.41) is 2.54. The number of halogens is 3. The summed E-state index contributed by atoms with van der Waals surface area (Å²) >= 11 is 0. The molecule has 0 saturated heterocycles. The number of carbonyl (C=O) groups is 1. The lowest BCUT2D eigenvalue weighted by molar-refractivity contribution is -0.137. The first-order valence-corrected chi connectivity index (χ1v) is 11.9. The summed E-state index contributed by atoms with van der Waals surface area (Å²) < 4.78 is 65.6. The van der Waals surface area contributed by atoms with Gasteiger partial charge in [0.1, 0.15) is 0 Å². The van der Waals surface area contributed by atoms with Gasteiger partial charge in [0, 0.05) is 12.6 Å². The van der Waals surface area contributed by atoms with Gasteiger partial charge in [0.05, 0.1) is 17.5 Å². The molecule has 9 heteroatoms. The van der Waals surface area contributed by atoms with E-state index in [-0.39, 0.29) is 23.1 Å². The molecule has 0 spiro atoms. The van der Waals surface area contributed by atoms with Crippen LogP contribution in [0.5, 0.6) is 0 Å². The number of hydrogen-bond donors (Lipinski definition) is 2. The normalized spacial score (nSPS) is 12.6. The topological polar surface area (TPSA) is 75.3 Å². The van der Waals surface area contributed by atoms with Crippen LogP contribution in [0, 0.1) is 0 Å². The van der Waals surface area contributed by atoms with Crippen molar-refractivity contribution in [2.45, 2.75) is 38.9 Å². The maximum atomic E-state index is 13.6. The summed E-state index contributed by atoms with van der Waals surface area (Å²) in [6.07, 6.45) is -0.0295. The van der Waals surface area contributed by atoms with Crippen LogP contribution in [0.15, 0.2) is 49.1 Å². The van der Waals surface area contributed by atoms with Gasteiger partial charge in [0.15, 0.2) is 0 Å². The van der Waals surface area contributed by atoms with Crippen LogP contribution in [0.1, 0.15) is 48.6 Å². The molecule has 2 rings (SSSR count). The highest BCUT2D eigenvalue weighted by Gasteiger charge is 2.35. The van der Waals surface area contributed by atoms with Gasteiger partial charge >= 0.3 is 6.18 Å². The van der Waals surface area contributed by atoms with Crippen LogP contribution in [0.2, 0.25) is 0 Å². The highest BCUT2D eigenvalue weighted by atomic mass is 32.2. The minimum atomic E-state index is -4.82. The van der Waals surface area contributed by atoms with E-state index in [1.54, 1.807) is 6.08 Å². The number of amides is 1. The van der Waals surface area contributed by atoms with Crippen LogP contribution in [0.25, 0.3) is 12.2 Å². The molecule has 178 valence electrons. The Morgan fingerprint density at radius 2 is 1.70 bits per heavy atom. The van der Waals surface area contributed by atoms with Crippen LogP contribution >= 0.6 is 0 Å². The van der Waals surface area contributed by atoms with Crippen molar-refractivity contribution in [3.8, 4) is 0 Å². The van der Waals surface area contributed by atoms with Crippen molar-refractivity contribution in [3.63, 3.8) is 0 Å². The molecule has 0 unspecified atom stereocenters. The average molecular weight is 481 g/mol. The summed E-state index contributed by atoms with van der Waals surface area (Å²) in [5.74, 6) is -0.484. The van der Waals surface area contributed by atoms with E-state index >= 15 is 0 Å². The third kappa shape index (κ3) is 7.78. The van der Waals surface area contributed by atoms with Gasteiger partial charge < -0.3 is 5.32 Å². The van der Waals surface area contributed by atoms with Crippen LogP contribution < -0.4 is 10.0 Å². The third-order valence-electron chi connectivity index (χ3n) is 4.71. The van der Waals surface area contributed by atoms with Crippen molar-refractivity contribution in [2.75, 3.05) is 11.0 Å². The molecule has 0 aliphatic carbocycles. The van der Waals surface area contributed by atoms with Crippen LogP contribution in [-0.4, -0.2) is 20.6 Å². The summed E-state index contributed by atoms with van der Waals surface area (Å²) in [6, 6.07) is 9.84. The fourth-order valence-corrected chi connectivity index (χ4v) is 3.63. The monoisotopic (exact) mass is 480 g/mol. The summed E-state index contributed by atoms with van der Waals surface area (Å²) in [5.41, 5.74) is 0.296. The first-order chi connectivity index (χ1) is 15.1. The fourth-order valence-electron chi connectivity index (χ4n) is 3.03. The molecule has 0 heterocycles. The molecule has 0 bridgehead atoms. The Morgan fingerprint density at radius 1 is 1.09 bits per heavy atom. The Labute approximate surface area is 192 Å². The van der Waals surface area contributed by atoms with E-state index in [1.807, 2.05) is 29.0 Å². The number of nitrogens with one attached hydrogen (secondary N) is 2. The number of carbonyl (C=O) groups excluding carboxylic acids is 1. The summed E-state index contributed by atoms with van der Waals surface area (Å²) in [6.45, 7) is 9.56. The smallest absolute Gasteiger partial charge is 0.348 e. The molecule has 2 aromatic carbocycles. The highest BCUT2D eigenvalue weighted by Crippen LogP contribution is 2.38. The molecule has 0 radical (unpaired) electrons. The van der Waals surface area contributed by atoms with E-state index in [1.165, 1.54) is 12.1 Å². The largest absolute Gasteiger partial charge is 0.418 e. The Hall–Kier alpha value is -3.07. The van der Waals surface area contributed by atoms with Gasteiger partial charge in [-0.2, -0.15) is 13.2 Å². The maximum absolute atomic E-state index is 13.6. The predicted molar refractivity (Wildman–Crippen MR) is 126 cm³/mol. The summed E-state index contributed by atoms with van der Waals surface area (Å²) in [4.78, 5) is 12.2. The second-order valence-corrected chi connectivity index (χ2v) is 10.4. The van der Waals surface area contributed by atoms with Gasteiger partial charge in [-0.05, 0) is 45.9 Å². The molecule has 0 aliphatic heterocycles. The SMILES string of the molecule is C=Cc1cc(CNC(=O)/C=C/c2ccc(C(C)(C)C)cc2)cc(C(F)(F)F)c1NS(C)(=O)=O. The van der Waals surface area contributed by atoms with E-state index < -0.39 is 33.4 Å². The molecule has 33 heavy (non-hydrogen) atoms. The van der Waals surface area contributed by atoms with Gasteiger partial charge in [0.2, 0.25) is 15.9 Å². The standard InChI is InChI=1S/C24H27F3N2O3S/c1-6-18-13-17(14-20(24(25,26)27)22(18)29-33(5,31)32)15-28-21(30)12-9-16-7-10-19(11-8-16)23(2,3)4/h6-14,29H,1,15H2,2-5H3,(H,28,30)/b12-9+. The van der Waals surface area contributed by atoms with Crippen molar-refractivity contribution >= 4 is 33.8 Å². The van der Waals surface area contributed by atoms with Crippen molar-refractivity contribution in [3.05, 3.63) is 76.9 Å². The lowest BCUT2D eigenvalue weighted by Crippen LogP contribution is -2.22. The van der Waals surface area contributed by atoms with E-state index in [9.17, 15) is 26.4 Å². The van der Waals surface area contributed by atoms with Crippen LogP contribution in [0.3, 0.4) is 0 Å². The second-order valence-electron chi connectivity index (χ2n) is 8.61. The molecule has 0 atom stereocenters. The van der Waals surface area contributed by atoms with Crippen molar-refractivity contribution in [1.29, 1.82) is 0 Å². The van der Waals surface area contributed by atoms with Crippen molar-refractivity contribution in [1.82, 2.24) is 5.32 Å². The molecule has 2 aromatic rings. The molecule has 1 amide bonds. The molecule has 2 N–H and O–H groups in total. The number of rotatable bonds is 7. The van der Waals surface area contributed by atoms with Gasteiger partial charge in [-0.3, -0.25) is 9.52 Å². The van der Waals surface area contributed by atoms with E-state index in [0.29, 0.717) is 0 Å². The van der Waals surface area contributed by atoms with Gasteiger partial charge in [-0.15, -0.1) is 0 Å². The molecular formula is C24H27F3N2O3S. The molecule has 0 saturated carbocycles.